The quantitative estimate of drug-likeness (QED) is 0.409. The molecule has 1 heterocycles. The second-order valence-electron chi connectivity index (χ2n) is 6.71. The third-order valence-corrected chi connectivity index (χ3v) is 4.63. The molecule has 0 atom stereocenters. The average molecular weight is 323 g/mol. The Morgan fingerprint density at radius 2 is 1.24 bits per heavy atom. The minimum atomic E-state index is 0.409. The number of rotatable bonds is 3. The van der Waals surface area contributed by atoms with Crippen LogP contribution in [0.15, 0.2) is 84.9 Å². The standard InChI is InChI=1S/C24H21N/c1-17(2)24-16-22(21-10-6-7-11-23(21)25-24)20-14-12-19(13-15-20)18-8-4-3-5-9-18/h3-17H,1-2H3. The summed E-state index contributed by atoms with van der Waals surface area (Å²) in [5.74, 6) is 0.409. The van der Waals surface area contributed by atoms with Crippen molar-refractivity contribution in [3.63, 3.8) is 0 Å². The molecule has 122 valence electrons. The van der Waals surface area contributed by atoms with Gasteiger partial charge in [0, 0.05) is 11.1 Å². The average Bonchev–Trinajstić information content (AvgIpc) is 2.68. The maximum Gasteiger partial charge on any atom is 0.0711 e. The molecular weight excluding hydrogens is 302 g/mol. The number of benzene rings is 3. The zero-order valence-corrected chi connectivity index (χ0v) is 14.6. The van der Waals surface area contributed by atoms with Crippen molar-refractivity contribution in [2.45, 2.75) is 19.8 Å². The second kappa shape index (κ2) is 6.52. The SMILES string of the molecule is CC(C)c1cc(-c2ccc(-c3ccccc3)cc2)c2ccccc2n1. The number of pyridine rings is 1. The van der Waals surface area contributed by atoms with E-state index in [2.05, 4.69) is 98.8 Å². The molecule has 25 heavy (non-hydrogen) atoms. The molecule has 0 aliphatic rings. The lowest BCUT2D eigenvalue weighted by molar-refractivity contribution is 0.830. The molecule has 0 aliphatic carbocycles. The van der Waals surface area contributed by atoms with Crippen LogP contribution in [0.2, 0.25) is 0 Å². The van der Waals surface area contributed by atoms with Gasteiger partial charge in [-0.25, -0.2) is 0 Å². The summed E-state index contributed by atoms with van der Waals surface area (Å²) in [6.07, 6.45) is 0. The largest absolute Gasteiger partial charge is 0.253 e. The first-order valence-electron chi connectivity index (χ1n) is 8.78. The van der Waals surface area contributed by atoms with Crippen molar-refractivity contribution in [2.24, 2.45) is 0 Å². The van der Waals surface area contributed by atoms with Crippen molar-refractivity contribution in [3.05, 3.63) is 90.6 Å². The van der Waals surface area contributed by atoms with Gasteiger partial charge in [-0.2, -0.15) is 0 Å². The van der Waals surface area contributed by atoms with Gasteiger partial charge in [0.2, 0.25) is 0 Å². The first kappa shape index (κ1) is 15.6. The molecule has 0 fully saturated rings. The summed E-state index contributed by atoms with van der Waals surface area (Å²) in [6.45, 7) is 4.39. The fraction of sp³-hybridized carbons (Fsp3) is 0.125. The van der Waals surface area contributed by atoms with E-state index in [1.165, 1.54) is 27.6 Å². The first-order chi connectivity index (χ1) is 12.2. The summed E-state index contributed by atoms with van der Waals surface area (Å²) in [5, 5.41) is 1.21. The van der Waals surface area contributed by atoms with Crippen LogP contribution in [0, 0.1) is 0 Å². The summed E-state index contributed by atoms with van der Waals surface area (Å²) in [7, 11) is 0. The predicted octanol–water partition coefficient (Wildman–Crippen LogP) is 6.69. The topological polar surface area (TPSA) is 12.9 Å². The minimum absolute atomic E-state index is 0.409. The molecule has 0 spiro atoms. The number of hydrogen-bond acceptors (Lipinski definition) is 1. The zero-order valence-electron chi connectivity index (χ0n) is 14.6. The molecule has 0 amide bonds. The molecule has 4 rings (SSSR count). The molecule has 0 saturated heterocycles. The van der Waals surface area contributed by atoms with Gasteiger partial charge in [-0.15, -0.1) is 0 Å². The van der Waals surface area contributed by atoms with Gasteiger partial charge in [-0.3, -0.25) is 4.98 Å². The number of aromatic nitrogens is 1. The normalized spacial score (nSPS) is 11.2. The fourth-order valence-corrected chi connectivity index (χ4v) is 3.20. The maximum atomic E-state index is 4.83. The molecule has 0 radical (unpaired) electrons. The third kappa shape index (κ3) is 3.06. The van der Waals surface area contributed by atoms with Crippen molar-refractivity contribution in [1.82, 2.24) is 4.98 Å². The van der Waals surface area contributed by atoms with Gasteiger partial charge in [0.15, 0.2) is 0 Å². The van der Waals surface area contributed by atoms with E-state index in [0.29, 0.717) is 5.92 Å². The Bertz CT molecular complexity index is 999. The molecular formula is C24H21N. The van der Waals surface area contributed by atoms with E-state index in [0.717, 1.165) is 11.2 Å². The van der Waals surface area contributed by atoms with Crippen molar-refractivity contribution in [2.75, 3.05) is 0 Å². The minimum Gasteiger partial charge on any atom is -0.253 e. The van der Waals surface area contributed by atoms with Crippen LogP contribution in [0.1, 0.15) is 25.5 Å². The molecule has 3 aromatic carbocycles. The van der Waals surface area contributed by atoms with Crippen LogP contribution in [0.4, 0.5) is 0 Å². The van der Waals surface area contributed by atoms with E-state index in [-0.39, 0.29) is 0 Å². The van der Waals surface area contributed by atoms with Crippen molar-refractivity contribution in [1.29, 1.82) is 0 Å². The van der Waals surface area contributed by atoms with Crippen LogP contribution in [0.3, 0.4) is 0 Å². The third-order valence-electron chi connectivity index (χ3n) is 4.63. The molecule has 0 unspecified atom stereocenters. The second-order valence-corrected chi connectivity index (χ2v) is 6.71. The van der Waals surface area contributed by atoms with E-state index < -0.39 is 0 Å². The Morgan fingerprint density at radius 1 is 0.640 bits per heavy atom. The van der Waals surface area contributed by atoms with Crippen LogP contribution < -0.4 is 0 Å². The summed E-state index contributed by atoms with van der Waals surface area (Å²) < 4.78 is 0. The predicted molar refractivity (Wildman–Crippen MR) is 107 cm³/mol. The number of hydrogen-bond donors (Lipinski definition) is 0. The summed E-state index contributed by atoms with van der Waals surface area (Å²) >= 11 is 0. The van der Waals surface area contributed by atoms with E-state index in [4.69, 9.17) is 4.98 Å². The zero-order chi connectivity index (χ0) is 17.2. The maximum absolute atomic E-state index is 4.83. The lowest BCUT2D eigenvalue weighted by Crippen LogP contribution is -1.95. The van der Waals surface area contributed by atoms with Crippen LogP contribution in [0.5, 0.6) is 0 Å². The van der Waals surface area contributed by atoms with Crippen LogP contribution in [-0.4, -0.2) is 4.98 Å². The smallest absolute Gasteiger partial charge is 0.0711 e. The summed E-state index contributed by atoms with van der Waals surface area (Å²) in [6, 6.07) is 30.0. The lowest BCUT2D eigenvalue weighted by Gasteiger charge is -2.12. The number of nitrogens with zero attached hydrogens (tertiary/aromatic N) is 1. The van der Waals surface area contributed by atoms with Crippen molar-refractivity contribution in [3.8, 4) is 22.3 Å². The van der Waals surface area contributed by atoms with Crippen LogP contribution >= 0.6 is 0 Å². The van der Waals surface area contributed by atoms with Gasteiger partial charge in [0.05, 0.1) is 5.52 Å². The van der Waals surface area contributed by atoms with Gasteiger partial charge in [0.25, 0.3) is 0 Å². The molecule has 1 nitrogen and oxygen atoms in total. The highest BCUT2D eigenvalue weighted by Crippen LogP contribution is 2.32. The van der Waals surface area contributed by atoms with Gasteiger partial charge < -0.3 is 0 Å². The molecule has 0 N–H and O–H groups in total. The number of para-hydroxylation sites is 1. The van der Waals surface area contributed by atoms with Gasteiger partial charge in [0.1, 0.15) is 0 Å². The van der Waals surface area contributed by atoms with E-state index >= 15 is 0 Å². The van der Waals surface area contributed by atoms with E-state index in [9.17, 15) is 0 Å². The van der Waals surface area contributed by atoms with Crippen LogP contribution in [-0.2, 0) is 0 Å². The molecule has 0 saturated carbocycles. The van der Waals surface area contributed by atoms with Crippen molar-refractivity contribution >= 4 is 10.9 Å². The summed E-state index contributed by atoms with van der Waals surface area (Å²) in [4.78, 5) is 4.83. The Labute approximate surface area is 149 Å². The monoisotopic (exact) mass is 323 g/mol. The Morgan fingerprint density at radius 3 is 1.96 bits per heavy atom. The Balaban J connectivity index is 1.84. The highest BCUT2D eigenvalue weighted by molar-refractivity contribution is 5.95. The molecule has 0 bridgehead atoms. The van der Waals surface area contributed by atoms with E-state index in [1.807, 2.05) is 0 Å². The molecule has 0 aliphatic heterocycles. The van der Waals surface area contributed by atoms with Gasteiger partial charge in [-0.1, -0.05) is 86.6 Å². The van der Waals surface area contributed by atoms with E-state index in [1.54, 1.807) is 0 Å². The number of fused-ring (bicyclic) bond motifs is 1. The lowest BCUT2D eigenvalue weighted by atomic mass is 9.95. The highest BCUT2D eigenvalue weighted by atomic mass is 14.7. The van der Waals surface area contributed by atoms with Gasteiger partial charge in [-0.05, 0) is 40.3 Å². The molecule has 1 heteroatoms. The first-order valence-corrected chi connectivity index (χ1v) is 8.78. The highest BCUT2D eigenvalue weighted by Gasteiger charge is 2.10. The Hall–Kier alpha value is -2.93. The van der Waals surface area contributed by atoms with Gasteiger partial charge >= 0.3 is 0 Å². The van der Waals surface area contributed by atoms with Crippen LogP contribution in [0.25, 0.3) is 33.2 Å². The Kier molecular flexibility index (Phi) is 4.07. The fourth-order valence-electron chi connectivity index (χ4n) is 3.20. The van der Waals surface area contributed by atoms with Crippen molar-refractivity contribution < 1.29 is 0 Å². The summed E-state index contributed by atoms with van der Waals surface area (Å²) in [5.41, 5.74) is 7.19. The molecule has 4 aromatic rings. The molecule has 1 aromatic heterocycles.